The number of hydrogen-bond donors (Lipinski definition) is 2. The van der Waals surface area contributed by atoms with Gasteiger partial charge in [0.1, 0.15) is 0 Å². The van der Waals surface area contributed by atoms with E-state index >= 15 is 0 Å². The predicted molar refractivity (Wildman–Crippen MR) is 76.2 cm³/mol. The number of carbonyl (C=O) groups excluding carboxylic acids is 1. The summed E-state index contributed by atoms with van der Waals surface area (Å²) in [4.78, 5) is 11.8. The Morgan fingerprint density at radius 1 is 1.06 bits per heavy atom. The van der Waals surface area contributed by atoms with Crippen LogP contribution in [0.4, 0.5) is 0 Å². The number of rotatable bonds is 7. The Morgan fingerprint density at radius 3 is 2.28 bits per heavy atom. The van der Waals surface area contributed by atoms with Crippen LogP contribution in [0.15, 0.2) is 0 Å². The molecule has 2 atom stereocenters. The molecule has 1 fully saturated rings. The van der Waals surface area contributed by atoms with E-state index in [9.17, 15) is 4.79 Å². The fourth-order valence-electron chi connectivity index (χ4n) is 3.15. The van der Waals surface area contributed by atoms with Gasteiger partial charge < -0.3 is 11.1 Å². The average molecular weight is 254 g/mol. The van der Waals surface area contributed by atoms with Gasteiger partial charge in [0.05, 0.1) is 0 Å². The van der Waals surface area contributed by atoms with Crippen molar-refractivity contribution in [3.05, 3.63) is 0 Å². The Balaban J connectivity index is 2.11. The van der Waals surface area contributed by atoms with Gasteiger partial charge in [-0.05, 0) is 50.5 Å². The van der Waals surface area contributed by atoms with Gasteiger partial charge in [-0.15, -0.1) is 0 Å². The van der Waals surface area contributed by atoms with Crippen LogP contribution in [0.3, 0.4) is 0 Å². The molecule has 1 aliphatic rings. The van der Waals surface area contributed by atoms with Crippen molar-refractivity contribution in [3.8, 4) is 0 Å². The van der Waals surface area contributed by atoms with E-state index in [1.807, 2.05) is 0 Å². The first kappa shape index (κ1) is 15.5. The molecule has 1 rings (SSSR count). The Labute approximate surface area is 112 Å². The first-order chi connectivity index (χ1) is 8.61. The third-order valence-electron chi connectivity index (χ3n) is 3.90. The summed E-state index contributed by atoms with van der Waals surface area (Å²) in [5.41, 5.74) is 5.44. The molecule has 0 aromatic carbocycles. The number of unbranched alkanes of at least 4 members (excludes halogenated alkanes) is 3. The van der Waals surface area contributed by atoms with Gasteiger partial charge in [0, 0.05) is 12.5 Å². The first-order valence-electron chi connectivity index (χ1n) is 7.61. The molecule has 1 aliphatic carbocycles. The molecular formula is C15H30N2O. The van der Waals surface area contributed by atoms with Gasteiger partial charge in [-0.2, -0.15) is 0 Å². The maximum Gasteiger partial charge on any atom is 0.220 e. The quantitative estimate of drug-likeness (QED) is 0.686. The van der Waals surface area contributed by atoms with E-state index in [0.29, 0.717) is 12.5 Å². The van der Waals surface area contributed by atoms with Crippen LogP contribution in [0, 0.1) is 11.8 Å². The Morgan fingerprint density at radius 2 is 1.67 bits per heavy atom. The Hall–Kier alpha value is -0.570. The molecule has 3 N–H and O–H groups in total. The van der Waals surface area contributed by atoms with Crippen LogP contribution in [-0.2, 0) is 4.79 Å². The van der Waals surface area contributed by atoms with Crippen molar-refractivity contribution in [1.29, 1.82) is 0 Å². The molecule has 2 unspecified atom stereocenters. The van der Waals surface area contributed by atoms with Gasteiger partial charge >= 0.3 is 0 Å². The zero-order valence-electron chi connectivity index (χ0n) is 12.1. The fraction of sp³-hybridized carbons (Fsp3) is 0.933. The Kier molecular flexibility index (Phi) is 7.33. The summed E-state index contributed by atoms with van der Waals surface area (Å²) < 4.78 is 0. The van der Waals surface area contributed by atoms with Gasteiger partial charge in [-0.1, -0.05) is 26.7 Å². The highest BCUT2D eigenvalue weighted by atomic mass is 16.1. The molecule has 0 spiro atoms. The van der Waals surface area contributed by atoms with Crippen LogP contribution in [0.2, 0.25) is 0 Å². The summed E-state index contributed by atoms with van der Waals surface area (Å²) in [5.74, 6) is 1.75. The van der Waals surface area contributed by atoms with E-state index in [2.05, 4.69) is 19.2 Å². The normalized spacial score (nSPS) is 28.1. The van der Waals surface area contributed by atoms with E-state index in [1.54, 1.807) is 0 Å². The van der Waals surface area contributed by atoms with Crippen molar-refractivity contribution in [2.24, 2.45) is 17.6 Å². The van der Waals surface area contributed by atoms with Crippen molar-refractivity contribution >= 4 is 5.91 Å². The number of nitrogens with two attached hydrogens (primary N) is 1. The monoisotopic (exact) mass is 254 g/mol. The van der Waals surface area contributed by atoms with E-state index < -0.39 is 0 Å². The lowest BCUT2D eigenvalue weighted by molar-refractivity contribution is -0.122. The fourth-order valence-corrected chi connectivity index (χ4v) is 3.15. The third kappa shape index (κ3) is 6.39. The second-order valence-corrected chi connectivity index (χ2v) is 6.13. The van der Waals surface area contributed by atoms with Gasteiger partial charge in [-0.25, -0.2) is 0 Å². The molecule has 3 heteroatoms. The number of hydrogen-bond acceptors (Lipinski definition) is 2. The molecule has 0 radical (unpaired) electrons. The van der Waals surface area contributed by atoms with Crippen molar-refractivity contribution < 1.29 is 4.79 Å². The van der Waals surface area contributed by atoms with Crippen LogP contribution in [-0.4, -0.2) is 18.5 Å². The predicted octanol–water partition coefficient (Wildman–Crippen LogP) is 2.84. The van der Waals surface area contributed by atoms with Gasteiger partial charge in [-0.3, -0.25) is 4.79 Å². The van der Waals surface area contributed by atoms with E-state index in [0.717, 1.165) is 56.9 Å². The molecule has 0 saturated heterocycles. The minimum atomic E-state index is 0.244. The van der Waals surface area contributed by atoms with E-state index in [-0.39, 0.29) is 5.91 Å². The smallest absolute Gasteiger partial charge is 0.220 e. The van der Waals surface area contributed by atoms with E-state index in [1.165, 1.54) is 6.42 Å². The molecule has 0 aromatic rings. The zero-order chi connectivity index (χ0) is 13.4. The lowest BCUT2D eigenvalue weighted by Crippen LogP contribution is -2.39. The average Bonchev–Trinajstić information content (AvgIpc) is 2.27. The van der Waals surface area contributed by atoms with E-state index in [4.69, 9.17) is 5.73 Å². The highest BCUT2D eigenvalue weighted by molar-refractivity contribution is 5.76. The summed E-state index contributed by atoms with van der Waals surface area (Å²) in [5, 5.41) is 3.21. The first-order valence-corrected chi connectivity index (χ1v) is 7.61. The lowest BCUT2D eigenvalue weighted by Gasteiger charge is -2.32. The molecule has 0 aliphatic heterocycles. The zero-order valence-corrected chi connectivity index (χ0v) is 12.1. The number of amides is 1. The summed E-state index contributed by atoms with van der Waals surface area (Å²) in [6.07, 6.45) is 8.67. The van der Waals surface area contributed by atoms with Crippen molar-refractivity contribution in [2.75, 3.05) is 6.54 Å². The Bertz CT molecular complexity index is 233. The van der Waals surface area contributed by atoms with Crippen molar-refractivity contribution in [1.82, 2.24) is 5.32 Å². The minimum Gasteiger partial charge on any atom is -0.353 e. The molecule has 106 valence electrons. The standard InChI is InChI=1S/C15H30N2O/c1-12-9-13(2)11-14(10-12)17-15(18)7-5-3-4-6-8-16/h12-14H,3-11,16H2,1-2H3,(H,17,18). The number of carbonyl (C=O) groups is 1. The van der Waals surface area contributed by atoms with Crippen LogP contribution < -0.4 is 11.1 Å². The molecule has 3 nitrogen and oxygen atoms in total. The summed E-state index contributed by atoms with van der Waals surface area (Å²) >= 11 is 0. The molecule has 18 heavy (non-hydrogen) atoms. The van der Waals surface area contributed by atoms with Crippen LogP contribution in [0.5, 0.6) is 0 Å². The van der Waals surface area contributed by atoms with Crippen molar-refractivity contribution in [2.45, 2.75) is 71.3 Å². The van der Waals surface area contributed by atoms with Crippen molar-refractivity contribution in [3.63, 3.8) is 0 Å². The maximum absolute atomic E-state index is 11.8. The summed E-state index contributed by atoms with van der Waals surface area (Å²) in [7, 11) is 0. The van der Waals surface area contributed by atoms with Gasteiger partial charge in [0.25, 0.3) is 0 Å². The second-order valence-electron chi connectivity index (χ2n) is 6.13. The topological polar surface area (TPSA) is 55.1 Å². The molecule has 0 aromatic heterocycles. The number of nitrogens with one attached hydrogen (secondary N) is 1. The second kappa shape index (κ2) is 8.52. The van der Waals surface area contributed by atoms with Gasteiger partial charge in [0.15, 0.2) is 0 Å². The maximum atomic E-state index is 11.8. The highest BCUT2D eigenvalue weighted by Crippen LogP contribution is 2.28. The molecule has 1 saturated carbocycles. The highest BCUT2D eigenvalue weighted by Gasteiger charge is 2.24. The summed E-state index contributed by atoms with van der Waals surface area (Å²) in [6.45, 7) is 5.35. The van der Waals surface area contributed by atoms with Crippen LogP contribution in [0.1, 0.15) is 65.2 Å². The molecular weight excluding hydrogens is 224 g/mol. The molecule has 0 heterocycles. The third-order valence-corrected chi connectivity index (χ3v) is 3.90. The largest absolute Gasteiger partial charge is 0.353 e. The SMILES string of the molecule is CC1CC(C)CC(NC(=O)CCCCCCN)C1. The van der Waals surface area contributed by atoms with Gasteiger partial charge in [0.2, 0.25) is 5.91 Å². The van der Waals surface area contributed by atoms with Crippen LogP contribution >= 0.6 is 0 Å². The van der Waals surface area contributed by atoms with Crippen LogP contribution in [0.25, 0.3) is 0 Å². The minimum absolute atomic E-state index is 0.244. The summed E-state index contributed by atoms with van der Waals surface area (Å²) in [6, 6.07) is 0.417. The lowest BCUT2D eigenvalue weighted by atomic mass is 9.80. The molecule has 0 bridgehead atoms. The molecule has 1 amide bonds.